The second-order valence-electron chi connectivity index (χ2n) is 4.67. The average molecular weight is 350 g/mol. The van der Waals surface area contributed by atoms with Crippen molar-refractivity contribution >= 4 is 29.2 Å². The number of carbonyl (C=O) groups excluding carboxylic acids is 2. The first-order chi connectivity index (χ1) is 11.5. The van der Waals surface area contributed by atoms with E-state index in [4.69, 9.17) is 21.1 Å². The Hall–Kier alpha value is -2.73. The Labute approximate surface area is 144 Å². The Morgan fingerprint density at radius 2 is 1.83 bits per heavy atom. The van der Waals surface area contributed by atoms with E-state index in [2.05, 4.69) is 10.1 Å². The number of hydrogen-bond acceptors (Lipinski definition) is 5. The standard InChI is InChI=1S/C17H16ClNO5/c1-22-15-9-11(17(21)23-2)7-8-14(15)24-10-16(20)19-13-6-4-3-5-12(13)18/h3-9H,10H2,1-2H3,(H,19,20). The zero-order valence-corrected chi connectivity index (χ0v) is 13.9. The first kappa shape index (κ1) is 17.6. The summed E-state index contributed by atoms with van der Waals surface area (Å²) in [5.41, 5.74) is 0.822. The van der Waals surface area contributed by atoms with Crippen LogP contribution in [-0.2, 0) is 9.53 Å². The number of amides is 1. The van der Waals surface area contributed by atoms with E-state index in [0.29, 0.717) is 27.8 Å². The quantitative estimate of drug-likeness (QED) is 0.811. The highest BCUT2D eigenvalue weighted by molar-refractivity contribution is 6.33. The largest absolute Gasteiger partial charge is 0.493 e. The number of para-hydroxylation sites is 1. The molecule has 7 heteroatoms. The summed E-state index contributed by atoms with van der Waals surface area (Å²) >= 11 is 5.97. The molecule has 126 valence electrons. The van der Waals surface area contributed by atoms with Gasteiger partial charge in [-0.15, -0.1) is 0 Å². The normalized spacial score (nSPS) is 9.96. The number of ether oxygens (including phenoxy) is 3. The fourth-order valence-corrected chi connectivity index (χ4v) is 2.11. The Kier molecular flexibility index (Phi) is 6.03. The van der Waals surface area contributed by atoms with Crippen molar-refractivity contribution in [2.75, 3.05) is 26.1 Å². The minimum atomic E-state index is -0.490. The van der Waals surface area contributed by atoms with Crippen LogP contribution in [0.25, 0.3) is 0 Å². The van der Waals surface area contributed by atoms with Gasteiger partial charge in [-0.05, 0) is 30.3 Å². The van der Waals surface area contributed by atoms with Crippen LogP contribution in [0.3, 0.4) is 0 Å². The minimum Gasteiger partial charge on any atom is -0.493 e. The van der Waals surface area contributed by atoms with Crippen LogP contribution in [0, 0.1) is 0 Å². The molecule has 0 spiro atoms. The van der Waals surface area contributed by atoms with Crippen LogP contribution in [0.5, 0.6) is 11.5 Å². The molecule has 0 radical (unpaired) electrons. The summed E-state index contributed by atoms with van der Waals surface area (Å²) in [6.45, 7) is -0.237. The summed E-state index contributed by atoms with van der Waals surface area (Å²) in [5, 5.41) is 3.08. The zero-order valence-electron chi connectivity index (χ0n) is 13.2. The molecule has 2 rings (SSSR count). The van der Waals surface area contributed by atoms with Crippen LogP contribution >= 0.6 is 11.6 Å². The highest BCUT2D eigenvalue weighted by atomic mass is 35.5. The van der Waals surface area contributed by atoms with Crippen molar-refractivity contribution in [2.24, 2.45) is 0 Å². The van der Waals surface area contributed by atoms with Crippen LogP contribution in [0.15, 0.2) is 42.5 Å². The molecule has 0 aromatic heterocycles. The fourth-order valence-electron chi connectivity index (χ4n) is 1.92. The van der Waals surface area contributed by atoms with Crippen LogP contribution in [0.1, 0.15) is 10.4 Å². The number of carbonyl (C=O) groups is 2. The Bertz CT molecular complexity index is 748. The lowest BCUT2D eigenvalue weighted by Gasteiger charge is -2.12. The molecule has 0 aliphatic heterocycles. The predicted molar refractivity (Wildman–Crippen MR) is 89.9 cm³/mol. The topological polar surface area (TPSA) is 73.9 Å². The molecule has 0 aliphatic carbocycles. The smallest absolute Gasteiger partial charge is 0.337 e. The van der Waals surface area contributed by atoms with Crippen molar-refractivity contribution in [2.45, 2.75) is 0 Å². The van der Waals surface area contributed by atoms with Gasteiger partial charge in [0.25, 0.3) is 5.91 Å². The van der Waals surface area contributed by atoms with Crippen molar-refractivity contribution in [3.05, 3.63) is 53.1 Å². The van der Waals surface area contributed by atoms with Crippen molar-refractivity contribution < 1.29 is 23.8 Å². The Balaban J connectivity index is 2.02. The van der Waals surface area contributed by atoms with Crippen LogP contribution < -0.4 is 14.8 Å². The molecular formula is C17H16ClNO5. The average Bonchev–Trinajstić information content (AvgIpc) is 2.61. The van der Waals surface area contributed by atoms with E-state index in [1.54, 1.807) is 24.3 Å². The van der Waals surface area contributed by atoms with E-state index >= 15 is 0 Å². The summed E-state index contributed by atoms with van der Waals surface area (Å²) in [4.78, 5) is 23.4. The molecule has 0 saturated heterocycles. The van der Waals surface area contributed by atoms with Crippen molar-refractivity contribution in [1.82, 2.24) is 0 Å². The molecular weight excluding hydrogens is 334 g/mol. The first-order valence-electron chi connectivity index (χ1n) is 6.98. The molecule has 2 aromatic carbocycles. The maximum atomic E-state index is 11.9. The number of anilines is 1. The van der Waals surface area contributed by atoms with E-state index in [1.807, 2.05) is 0 Å². The third-order valence-corrected chi connectivity index (χ3v) is 3.42. The number of nitrogens with one attached hydrogen (secondary N) is 1. The number of rotatable bonds is 6. The van der Waals surface area contributed by atoms with Crippen molar-refractivity contribution in [1.29, 1.82) is 0 Å². The van der Waals surface area contributed by atoms with E-state index in [1.165, 1.54) is 32.4 Å². The monoisotopic (exact) mass is 349 g/mol. The van der Waals surface area contributed by atoms with Gasteiger partial charge in [-0.2, -0.15) is 0 Å². The summed E-state index contributed by atoms with van der Waals surface area (Å²) in [6, 6.07) is 11.4. The Morgan fingerprint density at radius 1 is 1.08 bits per heavy atom. The number of methoxy groups -OCH3 is 2. The molecule has 0 unspecified atom stereocenters. The van der Waals surface area contributed by atoms with Gasteiger partial charge >= 0.3 is 5.97 Å². The number of benzene rings is 2. The number of hydrogen-bond donors (Lipinski definition) is 1. The van der Waals surface area contributed by atoms with E-state index in [9.17, 15) is 9.59 Å². The molecule has 0 saturated carbocycles. The number of esters is 1. The lowest BCUT2D eigenvalue weighted by atomic mass is 10.2. The van der Waals surface area contributed by atoms with Crippen LogP contribution in [0.2, 0.25) is 5.02 Å². The summed E-state index contributed by atoms with van der Waals surface area (Å²) in [7, 11) is 2.73. The summed E-state index contributed by atoms with van der Waals surface area (Å²) in [6.07, 6.45) is 0. The molecule has 1 amide bonds. The third kappa shape index (κ3) is 4.39. The van der Waals surface area contributed by atoms with Crippen LogP contribution in [-0.4, -0.2) is 32.7 Å². The van der Waals surface area contributed by atoms with Crippen molar-refractivity contribution in [3.63, 3.8) is 0 Å². The van der Waals surface area contributed by atoms with E-state index < -0.39 is 5.97 Å². The highest BCUT2D eigenvalue weighted by Crippen LogP contribution is 2.28. The van der Waals surface area contributed by atoms with Gasteiger partial charge in [0.1, 0.15) is 0 Å². The lowest BCUT2D eigenvalue weighted by Crippen LogP contribution is -2.20. The maximum absolute atomic E-state index is 11.9. The summed E-state index contributed by atoms with van der Waals surface area (Å²) < 4.78 is 15.2. The fraction of sp³-hybridized carbons (Fsp3) is 0.176. The van der Waals surface area contributed by atoms with Gasteiger partial charge in [-0.3, -0.25) is 4.79 Å². The van der Waals surface area contributed by atoms with Crippen molar-refractivity contribution in [3.8, 4) is 11.5 Å². The van der Waals surface area contributed by atoms with Gasteiger partial charge in [0.05, 0.1) is 30.5 Å². The minimum absolute atomic E-state index is 0.237. The zero-order chi connectivity index (χ0) is 17.5. The molecule has 0 heterocycles. The van der Waals surface area contributed by atoms with Gasteiger partial charge in [-0.25, -0.2) is 4.79 Å². The first-order valence-corrected chi connectivity index (χ1v) is 7.36. The molecule has 0 bridgehead atoms. The number of halogens is 1. The molecule has 0 atom stereocenters. The lowest BCUT2D eigenvalue weighted by molar-refractivity contribution is -0.118. The van der Waals surface area contributed by atoms with Gasteiger partial charge in [0.2, 0.25) is 0 Å². The molecule has 2 aromatic rings. The van der Waals surface area contributed by atoms with Gasteiger partial charge < -0.3 is 19.5 Å². The predicted octanol–water partition coefficient (Wildman–Crippen LogP) is 3.15. The van der Waals surface area contributed by atoms with E-state index in [-0.39, 0.29) is 12.5 Å². The van der Waals surface area contributed by atoms with Gasteiger partial charge in [0, 0.05) is 0 Å². The molecule has 0 aliphatic rings. The second-order valence-corrected chi connectivity index (χ2v) is 5.08. The summed E-state index contributed by atoms with van der Waals surface area (Å²) in [5.74, 6) is -0.207. The van der Waals surface area contributed by atoms with Gasteiger partial charge in [-0.1, -0.05) is 23.7 Å². The van der Waals surface area contributed by atoms with E-state index in [0.717, 1.165) is 0 Å². The third-order valence-electron chi connectivity index (χ3n) is 3.09. The SMILES string of the molecule is COC(=O)c1ccc(OCC(=O)Nc2ccccc2Cl)c(OC)c1. The van der Waals surface area contributed by atoms with Crippen LogP contribution in [0.4, 0.5) is 5.69 Å². The molecule has 6 nitrogen and oxygen atoms in total. The second kappa shape index (κ2) is 8.21. The van der Waals surface area contributed by atoms with Gasteiger partial charge in [0.15, 0.2) is 18.1 Å². The molecule has 24 heavy (non-hydrogen) atoms. The molecule has 0 fully saturated rings. The molecule has 1 N–H and O–H groups in total. The highest BCUT2D eigenvalue weighted by Gasteiger charge is 2.13. The maximum Gasteiger partial charge on any atom is 0.337 e. The Morgan fingerprint density at radius 3 is 2.50 bits per heavy atom.